The van der Waals surface area contributed by atoms with Crippen molar-refractivity contribution in [3.8, 4) is 17.3 Å². The van der Waals surface area contributed by atoms with E-state index in [-0.39, 0.29) is 0 Å². The Morgan fingerprint density at radius 1 is 1.33 bits per heavy atom. The second kappa shape index (κ2) is 4.19. The molecule has 0 spiro atoms. The van der Waals surface area contributed by atoms with Gasteiger partial charge in [-0.25, -0.2) is 4.68 Å². The molecule has 18 heavy (non-hydrogen) atoms. The molecule has 1 fully saturated rings. The molecule has 1 saturated carbocycles. The van der Waals surface area contributed by atoms with Gasteiger partial charge in [-0.2, -0.15) is 10.4 Å². The molecular weight excluding hydrogens is 224 g/mol. The summed E-state index contributed by atoms with van der Waals surface area (Å²) >= 11 is 0. The monoisotopic (exact) mass is 238 g/mol. The lowest BCUT2D eigenvalue weighted by Gasteiger charge is -2.01. The molecular formula is C14H14N4. The molecule has 4 heteroatoms. The van der Waals surface area contributed by atoms with E-state index in [1.54, 1.807) is 12.1 Å². The first-order valence-corrected chi connectivity index (χ1v) is 6.10. The number of hydrogen-bond donors (Lipinski definition) is 1. The highest BCUT2D eigenvalue weighted by atomic mass is 15.3. The number of benzene rings is 1. The Morgan fingerprint density at radius 3 is 2.67 bits per heavy atom. The van der Waals surface area contributed by atoms with Crippen LogP contribution in [0, 0.1) is 17.2 Å². The van der Waals surface area contributed by atoms with Crippen molar-refractivity contribution in [1.82, 2.24) is 9.78 Å². The first-order chi connectivity index (χ1) is 8.76. The maximum Gasteiger partial charge on any atom is 0.122 e. The lowest BCUT2D eigenvalue weighted by Crippen LogP contribution is -2.05. The maximum atomic E-state index is 8.76. The van der Waals surface area contributed by atoms with Gasteiger partial charge in [-0.3, -0.25) is 0 Å². The van der Waals surface area contributed by atoms with Crippen LogP contribution in [-0.2, 0) is 6.54 Å². The smallest absolute Gasteiger partial charge is 0.122 e. The zero-order valence-corrected chi connectivity index (χ0v) is 10.0. The predicted molar refractivity (Wildman–Crippen MR) is 69.5 cm³/mol. The molecule has 0 saturated heterocycles. The second-order valence-corrected chi connectivity index (χ2v) is 4.77. The Morgan fingerprint density at radius 2 is 2.06 bits per heavy atom. The summed E-state index contributed by atoms with van der Waals surface area (Å²) in [5, 5.41) is 13.3. The first-order valence-electron chi connectivity index (χ1n) is 6.10. The summed E-state index contributed by atoms with van der Waals surface area (Å²) in [5.41, 5.74) is 8.48. The van der Waals surface area contributed by atoms with Crippen molar-refractivity contribution in [1.29, 1.82) is 5.26 Å². The van der Waals surface area contributed by atoms with Crippen LogP contribution in [-0.4, -0.2) is 9.78 Å². The fourth-order valence-corrected chi connectivity index (χ4v) is 1.98. The fourth-order valence-electron chi connectivity index (χ4n) is 1.98. The van der Waals surface area contributed by atoms with Crippen LogP contribution in [0.15, 0.2) is 30.3 Å². The van der Waals surface area contributed by atoms with Crippen molar-refractivity contribution >= 4 is 5.82 Å². The van der Waals surface area contributed by atoms with Gasteiger partial charge in [0.2, 0.25) is 0 Å². The van der Waals surface area contributed by atoms with Gasteiger partial charge in [-0.05, 0) is 30.9 Å². The number of nitrogen functional groups attached to an aromatic ring is 1. The van der Waals surface area contributed by atoms with Crippen LogP contribution in [0.25, 0.3) is 11.3 Å². The molecule has 4 nitrogen and oxygen atoms in total. The van der Waals surface area contributed by atoms with E-state index in [0.717, 1.165) is 23.7 Å². The van der Waals surface area contributed by atoms with Crippen LogP contribution in [0.4, 0.5) is 5.82 Å². The molecule has 0 radical (unpaired) electrons. The van der Waals surface area contributed by atoms with Crippen LogP contribution >= 0.6 is 0 Å². The van der Waals surface area contributed by atoms with Gasteiger partial charge in [-0.1, -0.05) is 12.1 Å². The largest absolute Gasteiger partial charge is 0.384 e. The number of nitrogens with zero attached hydrogens (tertiary/aromatic N) is 3. The molecule has 2 aromatic rings. The molecule has 0 bridgehead atoms. The average Bonchev–Trinajstić information content (AvgIpc) is 3.14. The highest BCUT2D eigenvalue weighted by Gasteiger charge is 2.23. The first kappa shape index (κ1) is 10.8. The van der Waals surface area contributed by atoms with Gasteiger partial charge >= 0.3 is 0 Å². The zero-order chi connectivity index (χ0) is 12.5. The number of nitrogens with two attached hydrogens (primary N) is 1. The Hall–Kier alpha value is -2.28. The Kier molecular flexibility index (Phi) is 2.52. The van der Waals surface area contributed by atoms with Crippen molar-refractivity contribution in [3.05, 3.63) is 35.9 Å². The molecule has 1 aliphatic carbocycles. The third kappa shape index (κ3) is 2.07. The molecule has 1 aromatic carbocycles. The van der Waals surface area contributed by atoms with E-state index in [0.29, 0.717) is 11.4 Å². The van der Waals surface area contributed by atoms with E-state index in [1.165, 1.54) is 12.8 Å². The Bertz CT molecular complexity index is 600. The molecule has 90 valence electrons. The summed E-state index contributed by atoms with van der Waals surface area (Å²) in [6, 6.07) is 11.4. The molecule has 0 amide bonds. The average molecular weight is 238 g/mol. The minimum atomic E-state index is 0.657. The Labute approximate surface area is 106 Å². The number of rotatable bonds is 3. The zero-order valence-electron chi connectivity index (χ0n) is 10.0. The third-order valence-corrected chi connectivity index (χ3v) is 3.25. The van der Waals surface area contributed by atoms with E-state index in [1.807, 2.05) is 22.9 Å². The summed E-state index contributed by atoms with van der Waals surface area (Å²) < 4.78 is 1.88. The van der Waals surface area contributed by atoms with Crippen molar-refractivity contribution in [2.45, 2.75) is 19.4 Å². The van der Waals surface area contributed by atoms with E-state index >= 15 is 0 Å². The van der Waals surface area contributed by atoms with Gasteiger partial charge in [-0.15, -0.1) is 0 Å². The minimum absolute atomic E-state index is 0.657. The Balaban J connectivity index is 1.88. The summed E-state index contributed by atoms with van der Waals surface area (Å²) in [7, 11) is 0. The van der Waals surface area contributed by atoms with Gasteiger partial charge < -0.3 is 5.73 Å². The summed E-state index contributed by atoms with van der Waals surface area (Å²) in [6.45, 7) is 0.919. The molecule has 0 unspecified atom stereocenters. The summed E-state index contributed by atoms with van der Waals surface area (Å²) in [4.78, 5) is 0. The van der Waals surface area contributed by atoms with Crippen LogP contribution in [0.3, 0.4) is 0 Å². The minimum Gasteiger partial charge on any atom is -0.384 e. The topological polar surface area (TPSA) is 67.6 Å². The lowest BCUT2D eigenvalue weighted by atomic mass is 10.1. The maximum absolute atomic E-state index is 8.76. The van der Waals surface area contributed by atoms with Crippen LogP contribution in [0.5, 0.6) is 0 Å². The van der Waals surface area contributed by atoms with Gasteiger partial charge in [0.15, 0.2) is 0 Å². The molecule has 0 aliphatic heterocycles. The van der Waals surface area contributed by atoms with E-state index in [2.05, 4.69) is 11.2 Å². The van der Waals surface area contributed by atoms with E-state index in [9.17, 15) is 0 Å². The normalized spacial score (nSPS) is 14.4. The SMILES string of the molecule is N#Cc1ccc(-c2cc(N)n(CC3CC3)n2)cc1. The van der Waals surface area contributed by atoms with Crippen molar-refractivity contribution in [2.75, 3.05) is 5.73 Å². The molecule has 1 heterocycles. The molecule has 2 N–H and O–H groups in total. The van der Waals surface area contributed by atoms with Crippen molar-refractivity contribution in [2.24, 2.45) is 5.92 Å². The number of nitriles is 1. The molecule has 1 aromatic heterocycles. The molecule has 0 atom stereocenters. The van der Waals surface area contributed by atoms with E-state index in [4.69, 9.17) is 11.0 Å². The quantitative estimate of drug-likeness (QED) is 0.892. The van der Waals surface area contributed by atoms with Crippen LogP contribution in [0.1, 0.15) is 18.4 Å². The highest BCUT2D eigenvalue weighted by Crippen LogP contribution is 2.32. The van der Waals surface area contributed by atoms with Crippen molar-refractivity contribution < 1.29 is 0 Å². The lowest BCUT2D eigenvalue weighted by molar-refractivity contribution is 0.572. The second-order valence-electron chi connectivity index (χ2n) is 4.77. The van der Waals surface area contributed by atoms with Gasteiger partial charge in [0.25, 0.3) is 0 Å². The van der Waals surface area contributed by atoms with Crippen molar-refractivity contribution in [3.63, 3.8) is 0 Å². The van der Waals surface area contributed by atoms with Gasteiger partial charge in [0.1, 0.15) is 5.82 Å². The van der Waals surface area contributed by atoms with Crippen LogP contribution in [0.2, 0.25) is 0 Å². The molecule has 3 rings (SSSR count). The predicted octanol–water partition coefficient (Wildman–Crippen LogP) is 2.41. The molecule has 1 aliphatic rings. The summed E-state index contributed by atoms with van der Waals surface area (Å²) in [5.74, 6) is 1.46. The van der Waals surface area contributed by atoms with Crippen LogP contribution < -0.4 is 5.73 Å². The number of hydrogen-bond acceptors (Lipinski definition) is 3. The van der Waals surface area contributed by atoms with E-state index < -0.39 is 0 Å². The number of anilines is 1. The number of aromatic nitrogens is 2. The highest BCUT2D eigenvalue weighted by molar-refractivity contribution is 5.63. The fraction of sp³-hybridized carbons (Fsp3) is 0.286. The van der Waals surface area contributed by atoms with Gasteiger partial charge in [0, 0.05) is 18.2 Å². The third-order valence-electron chi connectivity index (χ3n) is 3.25. The summed E-state index contributed by atoms with van der Waals surface area (Å²) in [6.07, 6.45) is 2.57. The van der Waals surface area contributed by atoms with Gasteiger partial charge in [0.05, 0.1) is 17.3 Å². The standard InChI is InChI=1S/C14H14N4/c15-8-10-3-5-12(6-4-10)13-7-14(16)18(17-13)9-11-1-2-11/h3-7,11H,1-2,9,16H2.